The van der Waals surface area contributed by atoms with Gasteiger partial charge in [-0.1, -0.05) is 30.3 Å². The van der Waals surface area contributed by atoms with Crippen LogP contribution >= 0.6 is 0 Å². The number of benzene rings is 2. The topological polar surface area (TPSA) is 44.5 Å². The van der Waals surface area contributed by atoms with Crippen LogP contribution in [0.25, 0.3) is 0 Å². The van der Waals surface area contributed by atoms with Gasteiger partial charge in [-0.3, -0.25) is 0 Å². The summed E-state index contributed by atoms with van der Waals surface area (Å²) in [6, 6.07) is 16.0. The lowest BCUT2D eigenvalue weighted by Gasteiger charge is -2.19. The van der Waals surface area contributed by atoms with Crippen LogP contribution in [0.3, 0.4) is 0 Å². The zero-order chi connectivity index (χ0) is 13.7. The first-order valence-corrected chi connectivity index (χ1v) is 6.27. The molecule has 0 spiro atoms. The highest BCUT2D eigenvalue weighted by Crippen LogP contribution is 2.33. The zero-order valence-corrected chi connectivity index (χ0v) is 11.3. The van der Waals surface area contributed by atoms with Gasteiger partial charge in [0.1, 0.15) is 11.5 Å². The molecular weight excluding hydrogens is 238 g/mol. The van der Waals surface area contributed by atoms with Gasteiger partial charge in [-0.2, -0.15) is 0 Å². The van der Waals surface area contributed by atoms with Gasteiger partial charge in [-0.15, -0.1) is 0 Å². The van der Waals surface area contributed by atoms with Crippen molar-refractivity contribution in [3.63, 3.8) is 0 Å². The second-order valence-electron chi connectivity index (χ2n) is 4.31. The van der Waals surface area contributed by atoms with Gasteiger partial charge >= 0.3 is 0 Å². The summed E-state index contributed by atoms with van der Waals surface area (Å²) >= 11 is 0. The molecule has 0 saturated heterocycles. The molecule has 0 bridgehead atoms. The first kappa shape index (κ1) is 13.4. The quantitative estimate of drug-likeness (QED) is 0.895. The molecule has 1 unspecified atom stereocenters. The molecule has 0 radical (unpaired) electrons. The van der Waals surface area contributed by atoms with E-state index >= 15 is 0 Å². The monoisotopic (exact) mass is 257 g/mol. The molecule has 3 heteroatoms. The SMILES string of the molecule is COc1ccc(OC)c(C(CN)c2ccccc2)c1. The third-order valence-corrected chi connectivity index (χ3v) is 3.25. The van der Waals surface area contributed by atoms with Crippen molar-refractivity contribution in [2.45, 2.75) is 5.92 Å². The minimum Gasteiger partial charge on any atom is -0.497 e. The number of hydrogen-bond acceptors (Lipinski definition) is 3. The van der Waals surface area contributed by atoms with E-state index in [1.807, 2.05) is 36.4 Å². The number of hydrogen-bond donors (Lipinski definition) is 1. The van der Waals surface area contributed by atoms with E-state index in [1.165, 1.54) is 5.56 Å². The van der Waals surface area contributed by atoms with Crippen LogP contribution in [-0.4, -0.2) is 20.8 Å². The number of ether oxygens (including phenoxy) is 2. The maximum atomic E-state index is 5.96. The fourth-order valence-electron chi connectivity index (χ4n) is 2.24. The Kier molecular flexibility index (Phi) is 4.42. The molecule has 0 aliphatic heterocycles. The predicted molar refractivity (Wildman–Crippen MR) is 76.9 cm³/mol. The molecule has 19 heavy (non-hydrogen) atoms. The number of nitrogens with two attached hydrogens (primary N) is 1. The van der Waals surface area contributed by atoms with Crippen molar-refractivity contribution in [3.05, 3.63) is 59.7 Å². The molecule has 1 atom stereocenters. The Balaban J connectivity index is 2.48. The van der Waals surface area contributed by atoms with Crippen LogP contribution < -0.4 is 15.2 Å². The minimum absolute atomic E-state index is 0.103. The second kappa shape index (κ2) is 6.25. The first-order chi connectivity index (χ1) is 9.30. The maximum absolute atomic E-state index is 5.96. The Hall–Kier alpha value is -2.00. The summed E-state index contributed by atoms with van der Waals surface area (Å²) < 4.78 is 10.7. The van der Waals surface area contributed by atoms with Gasteiger partial charge in [0.25, 0.3) is 0 Å². The Morgan fingerprint density at radius 3 is 2.32 bits per heavy atom. The molecule has 2 rings (SSSR count). The highest BCUT2D eigenvalue weighted by molar-refractivity contribution is 5.46. The summed E-state index contributed by atoms with van der Waals surface area (Å²) in [5.41, 5.74) is 8.18. The smallest absolute Gasteiger partial charge is 0.122 e. The lowest BCUT2D eigenvalue weighted by atomic mass is 9.90. The van der Waals surface area contributed by atoms with Gasteiger partial charge in [0.2, 0.25) is 0 Å². The van der Waals surface area contributed by atoms with Gasteiger partial charge in [0.15, 0.2) is 0 Å². The van der Waals surface area contributed by atoms with Crippen LogP contribution in [0.15, 0.2) is 48.5 Å². The lowest BCUT2D eigenvalue weighted by molar-refractivity contribution is 0.397. The zero-order valence-electron chi connectivity index (χ0n) is 11.3. The Morgan fingerprint density at radius 2 is 1.74 bits per heavy atom. The van der Waals surface area contributed by atoms with Crippen LogP contribution in [0.1, 0.15) is 17.0 Å². The van der Waals surface area contributed by atoms with Crippen molar-refractivity contribution < 1.29 is 9.47 Å². The summed E-state index contributed by atoms with van der Waals surface area (Å²) in [7, 11) is 3.33. The fraction of sp³-hybridized carbons (Fsp3) is 0.250. The second-order valence-corrected chi connectivity index (χ2v) is 4.31. The fourth-order valence-corrected chi connectivity index (χ4v) is 2.24. The van der Waals surface area contributed by atoms with Crippen molar-refractivity contribution in [2.24, 2.45) is 5.73 Å². The molecule has 0 aliphatic rings. The van der Waals surface area contributed by atoms with Gasteiger partial charge in [-0.05, 0) is 23.8 Å². The Labute approximate surface area is 114 Å². The molecule has 0 amide bonds. The van der Waals surface area contributed by atoms with Crippen molar-refractivity contribution in [3.8, 4) is 11.5 Å². The average molecular weight is 257 g/mol. The standard InChI is InChI=1S/C16H19NO2/c1-18-13-8-9-16(19-2)14(10-13)15(11-17)12-6-4-3-5-7-12/h3-10,15H,11,17H2,1-2H3. The molecular formula is C16H19NO2. The van der Waals surface area contributed by atoms with Crippen LogP contribution in [0.5, 0.6) is 11.5 Å². The van der Waals surface area contributed by atoms with E-state index in [0.717, 1.165) is 17.1 Å². The van der Waals surface area contributed by atoms with Gasteiger partial charge in [-0.25, -0.2) is 0 Å². The largest absolute Gasteiger partial charge is 0.497 e. The van der Waals surface area contributed by atoms with Crippen molar-refractivity contribution >= 4 is 0 Å². The van der Waals surface area contributed by atoms with E-state index in [2.05, 4.69) is 12.1 Å². The van der Waals surface area contributed by atoms with Crippen molar-refractivity contribution in [1.82, 2.24) is 0 Å². The molecule has 0 aromatic heterocycles. The molecule has 2 aromatic carbocycles. The van der Waals surface area contributed by atoms with Crippen molar-refractivity contribution in [2.75, 3.05) is 20.8 Å². The van der Waals surface area contributed by atoms with Gasteiger partial charge < -0.3 is 15.2 Å². The highest BCUT2D eigenvalue weighted by Gasteiger charge is 2.17. The van der Waals surface area contributed by atoms with Gasteiger partial charge in [0.05, 0.1) is 14.2 Å². The summed E-state index contributed by atoms with van der Waals surface area (Å²) in [5.74, 6) is 1.75. The summed E-state index contributed by atoms with van der Waals surface area (Å²) in [6.07, 6.45) is 0. The minimum atomic E-state index is 0.103. The van der Waals surface area contributed by atoms with Crippen LogP contribution in [0.2, 0.25) is 0 Å². The van der Waals surface area contributed by atoms with Crippen LogP contribution in [0.4, 0.5) is 0 Å². The van der Waals surface area contributed by atoms with E-state index in [-0.39, 0.29) is 5.92 Å². The van der Waals surface area contributed by atoms with E-state index in [9.17, 15) is 0 Å². The lowest BCUT2D eigenvalue weighted by Crippen LogP contribution is -2.14. The van der Waals surface area contributed by atoms with E-state index in [0.29, 0.717) is 6.54 Å². The predicted octanol–water partition coefficient (Wildman–Crippen LogP) is 2.79. The molecule has 0 saturated carbocycles. The maximum Gasteiger partial charge on any atom is 0.122 e. The van der Waals surface area contributed by atoms with E-state index < -0.39 is 0 Å². The molecule has 0 aliphatic carbocycles. The summed E-state index contributed by atoms with van der Waals surface area (Å²) in [5, 5.41) is 0. The average Bonchev–Trinajstić information content (AvgIpc) is 2.49. The molecule has 2 N–H and O–H groups in total. The number of methoxy groups -OCH3 is 2. The Morgan fingerprint density at radius 1 is 1.00 bits per heavy atom. The van der Waals surface area contributed by atoms with Gasteiger partial charge in [0, 0.05) is 18.0 Å². The summed E-state index contributed by atoms with van der Waals surface area (Å²) in [6.45, 7) is 0.521. The third-order valence-electron chi connectivity index (χ3n) is 3.25. The van der Waals surface area contributed by atoms with E-state index in [4.69, 9.17) is 15.2 Å². The highest BCUT2D eigenvalue weighted by atomic mass is 16.5. The molecule has 3 nitrogen and oxygen atoms in total. The number of rotatable bonds is 5. The van der Waals surface area contributed by atoms with Crippen LogP contribution in [0, 0.1) is 0 Å². The molecule has 100 valence electrons. The molecule has 2 aromatic rings. The molecule has 0 fully saturated rings. The summed E-state index contributed by atoms with van der Waals surface area (Å²) in [4.78, 5) is 0. The third kappa shape index (κ3) is 2.88. The first-order valence-electron chi connectivity index (χ1n) is 6.27. The Bertz CT molecular complexity index is 526. The molecule has 0 heterocycles. The van der Waals surface area contributed by atoms with Crippen molar-refractivity contribution in [1.29, 1.82) is 0 Å². The van der Waals surface area contributed by atoms with E-state index in [1.54, 1.807) is 14.2 Å². The normalized spacial score (nSPS) is 11.9. The van der Waals surface area contributed by atoms with Crippen LogP contribution in [-0.2, 0) is 0 Å².